The van der Waals surface area contributed by atoms with E-state index >= 15 is 0 Å². The van der Waals surface area contributed by atoms with E-state index in [0.29, 0.717) is 19.5 Å². The van der Waals surface area contributed by atoms with E-state index in [2.05, 4.69) is 9.46 Å². The fourth-order valence-corrected chi connectivity index (χ4v) is 3.94. The second kappa shape index (κ2) is 8.19. The average Bonchev–Trinajstić information content (AvgIpc) is 2.47. The van der Waals surface area contributed by atoms with Gasteiger partial charge in [-0.15, -0.1) is 0 Å². The smallest absolute Gasteiger partial charge is 0.387 e. The number of hydrogen-bond acceptors (Lipinski definition) is 4. The molecule has 0 radical (unpaired) electrons. The summed E-state index contributed by atoms with van der Waals surface area (Å²) in [5.41, 5.74) is 0.822. The Kier molecular flexibility index (Phi) is 6.50. The number of halogens is 2. The minimum atomic E-state index is -3.56. The van der Waals surface area contributed by atoms with Crippen molar-refractivity contribution in [3.63, 3.8) is 0 Å². The second-order valence-corrected chi connectivity index (χ2v) is 7.50. The molecule has 1 aromatic rings. The van der Waals surface area contributed by atoms with Gasteiger partial charge in [-0.05, 0) is 38.0 Å². The van der Waals surface area contributed by atoms with Crippen LogP contribution in [0.2, 0.25) is 0 Å². The summed E-state index contributed by atoms with van der Waals surface area (Å²) in [4.78, 5) is 0. The summed E-state index contributed by atoms with van der Waals surface area (Å²) in [5, 5.41) is 0. The van der Waals surface area contributed by atoms with Gasteiger partial charge in [-0.2, -0.15) is 21.5 Å². The molecule has 1 fully saturated rings. The highest BCUT2D eigenvalue weighted by Gasteiger charge is 2.30. The molecule has 0 spiro atoms. The van der Waals surface area contributed by atoms with Gasteiger partial charge in [0.1, 0.15) is 5.75 Å². The molecule has 1 saturated heterocycles. The van der Waals surface area contributed by atoms with Crippen LogP contribution in [0.25, 0.3) is 0 Å². The Morgan fingerprint density at radius 1 is 1.25 bits per heavy atom. The molecule has 0 bridgehead atoms. The van der Waals surface area contributed by atoms with E-state index in [4.69, 9.17) is 4.74 Å². The minimum Gasteiger partial charge on any atom is -0.435 e. The first-order valence-electron chi connectivity index (χ1n) is 7.70. The van der Waals surface area contributed by atoms with Crippen molar-refractivity contribution in [1.29, 1.82) is 0 Å². The minimum absolute atomic E-state index is 0.0747. The van der Waals surface area contributed by atoms with Crippen molar-refractivity contribution in [1.82, 2.24) is 9.03 Å². The van der Waals surface area contributed by atoms with E-state index < -0.39 is 16.8 Å². The molecular weight excluding hydrogens is 342 g/mol. The third-order valence-corrected chi connectivity index (χ3v) is 5.12. The van der Waals surface area contributed by atoms with Crippen molar-refractivity contribution in [3.05, 3.63) is 29.8 Å². The Morgan fingerprint density at radius 2 is 1.83 bits per heavy atom. The molecule has 2 atom stereocenters. The molecule has 6 nitrogen and oxygen atoms in total. The van der Waals surface area contributed by atoms with E-state index in [1.165, 1.54) is 16.4 Å². The van der Waals surface area contributed by atoms with Crippen LogP contribution in [0.1, 0.15) is 19.4 Å². The molecule has 0 amide bonds. The zero-order valence-electron chi connectivity index (χ0n) is 13.6. The first-order valence-corrected chi connectivity index (χ1v) is 9.14. The van der Waals surface area contributed by atoms with Gasteiger partial charge < -0.3 is 9.47 Å². The number of alkyl halides is 2. The second-order valence-electron chi connectivity index (χ2n) is 5.75. The van der Waals surface area contributed by atoms with Gasteiger partial charge in [-0.1, -0.05) is 12.1 Å². The molecule has 2 rings (SSSR count). The number of hydrogen-bond donors (Lipinski definition) is 1. The highest BCUT2D eigenvalue weighted by Crippen LogP contribution is 2.16. The lowest BCUT2D eigenvalue weighted by Gasteiger charge is -2.34. The van der Waals surface area contributed by atoms with Crippen molar-refractivity contribution in [2.75, 3.05) is 19.6 Å². The van der Waals surface area contributed by atoms with Crippen LogP contribution in [0.3, 0.4) is 0 Å². The van der Waals surface area contributed by atoms with Crippen LogP contribution in [0.15, 0.2) is 24.3 Å². The predicted octanol–water partition coefficient (Wildman–Crippen LogP) is 1.77. The number of nitrogens with zero attached hydrogens (tertiary/aromatic N) is 1. The SMILES string of the molecule is CC1CN(S(=O)(=O)NCCc2ccc(OC(F)F)cc2)CC(C)O1. The molecule has 136 valence electrons. The van der Waals surface area contributed by atoms with Crippen molar-refractivity contribution >= 4 is 10.2 Å². The Hall–Kier alpha value is -1.29. The molecular formula is C15H22F2N2O4S. The van der Waals surface area contributed by atoms with Crippen LogP contribution in [0, 0.1) is 0 Å². The van der Waals surface area contributed by atoms with Crippen LogP contribution in [-0.4, -0.2) is 51.2 Å². The largest absolute Gasteiger partial charge is 0.435 e. The molecule has 1 aromatic carbocycles. The molecule has 1 aliphatic heterocycles. The summed E-state index contributed by atoms with van der Waals surface area (Å²) < 4.78 is 62.5. The van der Waals surface area contributed by atoms with Gasteiger partial charge in [-0.25, -0.2) is 4.72 Å². The molecule has 0 aromatic heterocycles. The lowest BCUT2D eigenvalue weighted by Crippen LogP contribution is -2.52. The first-order chi connectivity index (χ1) is 11.3. The maximum absolute atomic E-state index is 12.3. The standard InChI is InChI=1S/C15H22F2N2O4S/c1-11-9-19(10-12(2)22-11)24(20,21)18-8-7-13-3-5-14(6-4-13)23-15(16)17/h3-6,11-12,15,18H,7-10H2,1-2H3. The Balaban J connectivity index is 1.84. The quantitative estimate of drug-likeness (QED) is 0.801. The number of rotatable bonds is 7. The number of benzene rings is 1. The van der Waals surface area contributed by atoms with E-state index in [1.54, 1.807) is 12.1 Å². The van der Waals surface area contributed by atoms with Gasteiger partial charge in [0.25, 0.3) is 10.2 Å². The number of morpholine rings is 1. The van der Waals surface area contributed by atoms with Crippen LogP contribution in [-0.2, 0) is 21.4 Å². The lowest BCUT2D eigenvalue weighted by molar-refractivity contribution is -0.0498. The molecule has 24 heavy (non-hydrogen) atoms. The Labute approximate surface area is 140 Å². The van der Waals surface area contributed by atoms with E-state index in [1.807, 2.05) is 13.8 Å². The summed E-state index contributed by atoms with van der Waals surface area (Å²) in [6.45, 7) is 1.67. The summed E-state index contributed by atoms with van der Waals surface area (Å²) in [7, 11) is -3.56. The molecule has 0 saturated carbocycles. The molecule has 0 aliphatic carbocycles. The van der Waals surface area contributed by atoms with Gasteiger partial charge in [0.05, 0.1) is 12.2 Å². The lowest BCUT2D eigenvalue weighted by atomic mass is 10.1. The number of nitrogens with one attached hydrogen (secondary N) is 1. The fraction of sp³-hybridized carbons (Fsp3) is 0.600. The topological polar surface area (TPSA) is 67.9 Å². The maximum Gasteiger partial charge on any atom is 0.387 e. The average molecular weight is 364 g/mol. The maximum atomic E-state index is 12.3. The summed E-state index contributed by atoms with van der Waals surface area (Å²) in [6, 6.07) is 6.12. The van der Waals surface area contributed by atoms with E-state index in [0.717, 1.165) is 5.56 Å². The third-order valence-electron chi connectivity index (χ3n) is 3.57. The zero-order valence-corrected chi connectivity index (χ0v) is 14.4. The number of ether oxygens (including phenoxy) is 2. The third kappa shape index (κ3) is 5.66. The summed E-state index contributed by atoms with van der Waals surface area (Å²) in [5.74, 6) is 0.0747. The molecule has 1 N–H and O–H groups in total. The summed E-state index contributed by atoms with van der Waals surface area (Å²) in [6.07, 6.45) is 0.157. The highest BCUT2D eigenvalue weighted by atomic mass is 32.2. The molecule has 2 unspecified atom stereocenters. The predicted molar refractivity (Wildman–Crippen MR) is 85.3 cm³/mol. The molecule has 1 aliphatic rings. The van der Waals surface area contributed by atoms with Crippen LogP contribution < -0.4 is 9.46 Å². The zero-order chi connectivity index (χ0) is 17.7. The van der Waals surface area contributed by atoms with Gasteiger partial charge in [-0.3, -0.25) is 0 Å². The normalized spacial score (nSPS) is 22.7. The molecule has 1 heterocycles. The Bertz CT molecular complexity index is 615. The Morgan fingerprint density at radius 3 is 2.38 bits per heavy atom. The van der Waals surface area contributed by atoms with E-state index in [-0.39, 0.29) is 24.5 Å². The van der Waals surface area contributed by atoms with Crippen molar-refractivity contribution < 1.29 is 26.7 Å². The summed E-state index contributed by atoms with van der Waals surface area (Å²) >= 11 is 0. The van der Waals surface area contributed by atoms with Crippen molar-refractivity contribution in [3.8, 4) is 5.75 Å². The van der Waals surface area contributed by atoms with E-state index in [9.17, 15) is 17.2 Å². The first kappa shape index (κ1) is 19.0. The fourth-order valence-electron chi connectivity index (χ4n) is 2.58. The molecule has 9 heteroatoms. The van der Waals surface area contributed by atoms with Gasteiger partial charge >= 0.3 is 6.61 Å². The highest BCUT2D eigenvalue weighted by molar-refractivity contribution is 7.87. The van der Waals surface area contributed by atoms with Crippen molar-refractivity contribution in [2.24, 2.45) is 0 Å². The van der Waals surface area contributed by atoms with Gasteiger partial charge in [0.2, 0.25) is 0 Å². The van der Waals surface area contributed by atoms with Gasteiger partial charge in [0, 0.05) is 19.6 Å². The van der Waals surface area contributed by atoms with Gasteiger partial charge in [0.15, 0.2) is 0 Å². The monoisotopic (exact) mass is 364 g/mol. The van der Waals surface area contributed by atoms with Crippen molar-refractivity contribution in [2.45, 2.75) is 39.1 Å². The van der Waals surface area contributed by atoms with Crippen LogP contribution in [0.4, 0.5) is 8.78 Å². The van der Waals surface area contributed by atoms with Crippen LogP contribution >= 0.6 is 0 Å². The van der Waals surface area contributed by atoms with Crippen LogP contribution in [0.5, 0.6) is 5.75 Å².